The zero-order chi connectivity index (χ0) is 20.1. The normalized spacial score (nSPS) is 11.0. The molecular formula is C22H24N4O2. The molecule has 0 amide bonds. The molecule has 6 heteroatoms. The number of methoxy groups -OCH3 is 1. The fourth-order valence-corrected chi connectivity index (χ4v) is 2.71. The van der Waals surface area contributed by atoms with E-state index in [1.807, 2.05) is 42.5 Å². The molecule has 0 aliphatic carbocycles. The summed E-state index contributed by atoms with van der Waals surface area (Å²) in [7, 11) is 1.36. The number of nitrogens with zero attached hydrogens (tertiary/aromatic N) is 2. The van der Waals surface area contributed by atoms with Crippen molar-refractivity contribution in [3.05, 3.63) is 66.2 Å². The Labute approximate surface area is 165 Å². The molecule has 2 N–H and O–H groups in total. The molecule has 0 aliphatic rings. The summed E-state index contributed by atoms with van der Waals surface area (Å²) in [6.45, 7) is 6.20. The molecule has 3 rings (SSSR count). The Morgan fingerprint density at radius 3 is 2.32 bits per heavy atom. The van der Waals surface area contributed by atoms with E-state index < -0.39 is 5.97 Å². The Morgan fingerprint density at radius 1 is 0.964 bits per heavy atom. The van der Waals surface area contributed by atoms with Gasteiger partial charge in [-0.15, -0.1) is 0 Å². The first-order valence-electron chi connectivity index (χ1n) is 9.03. The van der Waals surface area contributed by atoms with Gasteiger partial charge in [-0.1, -0.05) is 42.5 Å². The van der Waals surface area contributed by atoms with Crippen LogP contribution in [0.15, 0.2) is 60.7 Å². The topological polar surface area (TPSA) is 76.1 Å². The summed E-state index contributed by atoms with van der Waals surface area (Å²) in [6, 6.07) is 18.9. The number of rotatable bonds is 5. The smallest absolute Gasteiger partial charge is 0.339 e. The maximum absolute atomic E-state index is 12.1. The molecule has 0 spiro atoms. The molecule has 0 aliphatic heterocycles. The minimum atomic E-state index is -0.421. The van der Waals surface area contributed by atoms with Gasteiger partial charge in [0.25, 0.3) is 0 Å². The van der Waals surface area contributed by atoms with Gasteiger partial charge in [0.05, 0.1) is 24.1 Å². The molecule has 0 bridgehead atoms. The van der Waals surface area contributed by atoms with Crippen LogP contribution in [0.5, 0.6) is 0 Å². The first kappa shape index (κ1) is 19.4. The molecule has 1 aromatic heterocycles. The molecule has 1 heterocycles. The largest absolute Gasteiger partial charge is 0.465 e. The third-order valence-corrected chi connectivity index (χ3v) is 3.88. The number of benzene rings is 2. The SMILES string of the molecule is COC(=O)c1ccccc1Nc1nc(NC(C)(C)C)cc(-c2ccccc2)n1. The number of carbonyl (C=O) groups excluding carboxylic acids is 1. The van der Waals surface area contributed by atoms with E-state index in [4.69, 9.17) is 4.74 Å². The van der Waals surface area contributed by atoms with E-state index in [1.165, 1.54) is 7.11 Å². The number of aromatic nitrogens is 2. The van der Waals surface area contributed by atoms with E-state index in [-0.39, 0.29) is 5.54 Å². The Balaban J connectivity index is 2.03. The van der Waals surface area contributed by atoms with Crippen molar-refractivity contribution >= 4 is 23.4 Å². The summed E-state index contributed by atoms with van der Waals surface area (Å²) < 4.78 is 4.87. The second kappa shape index (κ2) is 8.08. The minimum absolute atomic E-state index is 0.163. The maximum Gasteiger partial charge on any atom is 0.339 e. The zero-order valence-corrected chi connectivity index (χ0v) is 16.5. The third-order valence-electron chi connectivity index (χ3n) is 3.88. The Kier molecular flexibility index (Phi) is 5.59. The fraction of sp³-hybridized carbons (Fsp3) is 0.227. The van der Waals surface area contributed by atoms with Crippen LogP contribution in [-0.4, -0.2) is 28.6 Å². The summed E-state index contributed by atoms with van der Waals surface area (Å²) in [5.74, 6) is 0.666. The van der Waals surface area contributed by atoms with Crippen LogP contribution in [0.25, 0.3) is 11.3 Å². The molecule has 144 valence electrons. The number of carbonyl (C=O) groups is 1. The van der Waals surface area contributed by atoms with E-state index in [0.717, 1.165) is 11.3 Å². The molecule has 0 fully saturated rings. The van der Waals surface area contributed by atoms with Gasteiger partial charge in [0, 0.05) is 17.2 Å². The number of ether oxygens (including phenoxy) is 1. The van der Waals surface area contributed by atoms with Crippen LogP contribution in [0.2, 0.25) is 0 Å². The summed E-state index contributed by atoms with van der Waals surface area (Å²) >= 11 is 0. The fourth-order valence-electron chi connectivity index (χ4n) is 2.71. The predicted octanol–water partition coefficient (Wildman–Crippen LogP) is 4.88. The van der Waals surface area contributed by atoms with Crippen molar-refractivity contribution in [2.45, 2.75) is 26.3 Å². The predicted molar refractivity (Wildman–Crippen MR) is 112 cm³/mol. The van der Waals surface area contributed by atoms with Crippen LogP contribution in [0.3, 0.4) is 0 Å². The highest BCUT2D eigenvalue weighted by atomic mass is 16.5. The summed E-state index contributed by atoms with van der Waals surface area (Å²) in [4.78, 5) is 21.3. The number of hydrogen-bond acceptors (Lipinski definition) is 6. The summed E-state index contributed by atoms with van der Waals surface area (Å²) in [5, 5.41) is 6.54. The molecule has 3 aromatic rings. The third kappa shape index (κ3) is 4.85. The highest BCUT2D eigenvalue weighted by molar-refractivity contribution is 5.96. The second-order valence-electron chi connectivity index (χ2n) is 7.37. The minimum Gasteiger partial charge on any atom is -0.465 e. The maximum atomic E-state index is 12.1. The first-order valence-corrected chi connectivity index (χ1v) is 9.03. The van der Waals surface area contributed by atoms with Crippen molar-refractivity contribution in [3.63, 3.8) is 0 Å². The monoisotopic (exact) mass is 376 g/mol. The summed E-state index contributed by atoms with van der Waals surface area (Å²) in [6.07, 6.45) is 0. The van der Waals surface area contributed by atoms with Crippen LogP contribution in [0.1, 0.15) is 31.1 Å². The molecule has 6 nitrogen and oxygen atoms in total. The number of para-hydroxylation sites is 1. The number of anilines is 3. The highest BCUT2D eigenvalue weighted by Crippen LogP contribution is 2.26. The molecule has 0 radical (unpaired) electrons. The van der Waals surface area contributed by atoms with E-state index in [0.29, 0.717) is 23.0 Å². The zero-order valence-electron chi connectivity index (χ0n) is 16.5. The quantitative estimate of drug-likeness (QED) is 0.618. The molecule has 0 saturated heterocycles. The number of esters is 1. The van der Waals surface area contributed by atoms with Crippen LogP contribution in [0, 0.1) is 0 Å². The van der Waals surface area contributed by atoms with Gasteiger partial charge in [-0.3, -0.25) is 0 Å². The van der Waals surface area contributed by atoms with Crippen molar-refractivity contribution in [1.82, 2.24) is 9.97 Å². The number of nitrogens with one attached hydrogen (secondary N) is 2. The lowest BCUT2D eigenvalue weighted by Crippen LogP contribution is -2.27. The van der Waals surface area contributed by atoms with Gasteiger partial charge < -0.3 is 15.4 Å². The summed E-state index contributed by atoms with van der Waals surface area (Å²) in [5.41, 5.74) is 2.60. The highest BCUT2D eigenvalue weighted by Gasteiger charge is 2.16. The Morgan fingerprint density at radius 2 is 1.64 bits per heavy atom. The van der Waals surface area contributed by atoms with Gasteiger partial charge in [0.1, 0.15) is 5.82 Å². The van der Waals surface area contributed by atoms with Gasteiger partial charge in [-0.05, 0) is 32.9 Å². The van der Waals surface area contributed by atoms with Crippen molar-refractivity contribution in [3.8, 4) is 11.3 Å². The van der Waals surface area contributed by atoms with E-state index in [1.54, 1.807) is 18.2 Å². The molecule has 0 atom stereocenters. The molecule has 28 heavy (non-hydrogen) atoms. The van der Waals surface area contributed by atoms with E-state index in [9.17, 15) is 4.79 Å². The number of hydrogen-bond donors (Lipinski definition) is 2. The van der Waals surface area contributed by atoms with Gasteiger partial charge in [0.2, 0.25) is 5.95 Å². The van der Waals surface area contributed by atoms with Gasteiger partial charge >= 0.3 is 5.97 Å². The average Bonchev–Trinajstić information content (AvgIpc) is 2.67. The van der Waals surface area contributed by atoms with Crippen LogP contribution in [0.4, 0.5) is 17.5 Å². The van der Waals surface area contributed by atoms with E-state index >= 15 is 0 Å². The lowest BCUT2D eigenvalue weighted by atomic mass is 10.1. The van der Waals surface area contributed by atoms with Crippen molar-refractivity contribution in [1.29, 1.82) is 0 Å². The van der Waals surface area contributed by atoms with Crippen molar-refractivity contribution in [2.75, 3.05) is 17.7 Å². The van der Waals surface area contributed by atoms with Crippen LogP contribution < -0.4 is 10.6 Å². The van der Waals surface area contributed by atoms with Crippen LogP contribution in [-0.2, 0) is 4.74 Å². The first-order chi connectivity index (χ1) is 13.4. The standard InChI is InChI=1S/C22H24N4O2/c1-22(2,3)26-19-14-18(15-10-6-5-7-11-15)24-21(25-19)23-17-13-9-8-12-16(17)20(27)28-4/h5-14H,1-4H3,(H2,23,24,25,26). The Hall–Kier alpha value is -3.41. The average molecular weight is 376 g/mol. The molecule has 0 saturated carbocycles. The van der Waals surface area contributed by atoms with E-state index in [2.05, 4.69) is 41.4 Å². The lowest BCUT2D eigenvalue weighted by molar-refractivity contribution is 0.0602. The van der Waals surface area contributed by atoms with Crippen molar-refractivity contribution < 1.29 is 9.53 Å². The van der Waals surface area contributed by atoms with Gasteiger partial charge in [-0.25, -0.2) is 9.78 Å². The van der Waals surface area contributed by atoms with Gasteiger partial charge in [-0.2, -0.15) is 4.98 Å². The second-order valence-corrected chi connectivity index (χ2v) is 7.37. The Bertz CT molecular complexity index is 966. The van der Waals surface area contributed by atoms with Crippen molar-refractivity contribution in [2.24, 2.45) is 0 Å². The molecule has 0 unspecified atom stereocenters. The van der Waals surface area contributed by atoms with Crippen LogP contribution >= 0.6 is 0 Å². The molecular weight excluding hydrogens is 352 g/mol. The lowest BCUT2D eigenvalue weighted by Gasteiger charge is -2.22. The van der Waals surface area contributed by atoms with Gasteiger partial charge in [0.15, 0.2) is 0 Å². The molecule has 2 aromatic carbocycles.